The number of nitrogen functional groups attached to an aromatic ring is 1. The first-order valence-electron chi connectivity index (χ1n) is 10.1. The first-order chi connectivity index (χ1) is 13.8. The quantitative estimate of drug-likeness (QED) is 0.602. The number of nitrogens with two attached hydrogens (primary N) is 1. The van der Waals surface area contributed by atoms with Crippen molar-refractivity contribution in [2.24, 2.45) is 0 Å². The van der Waals surface area contributed by atoms with Crippen molar-refractivity contribution >= 4 is 11.5 Å². The Morgan fingerprint density at radius 3 is 2.86 bits per heavy atom. The van der Waals surface area contributed by atoms with Gasteiger partial charge in [0.25, 0.3) is 0 Å². The molecule has 0 saturated heterocycles. The number of aromatic nitrogens is 3. The van der Waals surface area contributed by atoms with Gasteiger partial charge >= 0.3 is 0 Å². The fraction of sp³-hybridized carbons (Fsp3) is 0.348. The first kappa shape index (κ1) is 18.4. The average Bonchev–Trinajstić information content (AvgIpc) is 2.73. The monoisotopic (exact) mass is 373 g/mol. The van der Waals surface area contributed by atoms with Crippen LogP contribution in [0.2, 0.25) is 0 Å². The number of nitrogens with zero attached hydrogens (tertiary/aromatic N) is 3. The summed E-state index contributed by atoms with van der Waals surface area (Å²) in [6, 6.07) is 10.3. The summed E-state index contributed by atoms with van der Waals surface area (Å²) in [5, 5.41) is 3.40. The van der Waals surface area contributed by atoms with Crippen LogP contribution in [0.3, 0.4) is 0 Å². The summed E-state index contributed by atoms with van der Waals surface area (Å²) in [7, 11) is 0. The van der Waals surface area contributed by atoms with Gasteiger partial charge in [-0.15, -0.1) is 0 Å². The van der Waals surface area contributed by atoms with E-state index in [0.717, 1.165) is 42.8 Å². The van der Waals surface area contributed by atoms with E-state index in [-0.39, 0.29) is 0 Å². The summed E-state index contributed by atoms with van der Waals surface area (Å²) >= 11 is 0. The number of nitrogens with one attached hydrogen (secondary N) is 1. The molecule has 5 nitrogen and oxygen atoms in total. The van der Waals surface area contributed by atoms with Crippen molar-refractivity contribution in [3.8, 4) is 0 Å². The van der Waals surface area contributed by atoms with Gasteiger partial charge in [-0.25, -0.2) is 4.98 Å². The molecule has 1 aliphatic rings. The standard InChI is InChI=1S/C23H27N5/c24-21-14-18(13-17-5-2-10-25-15-17)16-28-23(21)27-12-4-9-20-7-1-6-19-8-3-11-26-22(19)20/h2-3,5,8,10-11,14-16,20H,1,4,6-7,9,12-13,24H2,(H,27,28). The van der Waals surface area contributed by atoms with E-state index in [0.29, 0.717) is 11.6 Å². The van der Waals surface area contributed by atoms with Gasteiger partial charge in [0, 0.05) is 49.4 Å². The lowest BCUT2D eigenvalue weighted by molar-refractivity contribution is 0.497. The average molecular weight is 374 g/mol. The van der Waals surface area contributed by atoms with Gasteiger partial charge in [0.05, 0.1) is 5.69 Å². The van der Waals surface area contributed by atoms with E-state index in [1.54, 1.807) is 6.20 Å². The lowest BCUT2D eigenvalue weighted by Gasteiger charge is -2.24. The number of hydrogen-bond donors (Lipinski definition) is 2. The van der Waals surface area contributed by atoms with Crippen LogP contribution >= 0.6 is 0 Å². The number of rotatable bonds is 7. The van der Waals surface area contributed by atoms with Crippen LogP contribution in [0.25, 0.3) is 0 Å². The van der Waals surface area contributed by atoms with E-state index in [2.05, 4.69) is 38.5 Å². The molecule has 3 N–H and O–H groups in total. The molecule has 1 atom stereocenters. The lowest BCUT2D eigenvalue weighted by Crippen LogP contribution is -2.13. The van der Waals surface area contributed by atoms with Crippen molar-refractivity contribution in [1.82, 2.24) is 15.0 Å². The van der Waals surface area contributed by atoms with E-state index < -0.39 is 0 Å². The zero-order valence-electron chi connectivity index (χ0n) is 16.1. The molecule has 144 valence electrons. The van der Waals surface area contributed by atoms with Crippen molar-refractivity contribution in [3.05, 3.63) is 77.5 Å². The summed E-state index contributed by atoms with van der Waals surface area (Å²) < 4.78 is 0. The summed E-state index contributed by atoms with van der Waals surface area (Å²) in [6.45, 7) is 0.873. The molecule has 4 rings (SSSR count). The summed E-state index contributed by atoms with van der Waals surface area (Å²) in [4.78, 5) is 13.3. The van der Waals surface area contributed by atoms with Crippen molar-refractivity contribution in [3.63, 3.8) is 0 Å². The van der Waals surface area contributed by atoms with E-state index in [4.69, 9.17) is 5.73 Å². The van der Waals surface area contributed by atoms with Gasteiger partial charge in [0.2, 0.25) is 0 Å². The van der Waals surface area contributed by atoms with Crippen LogP contribution < -0.4 is 11.1 Å². The Bertz CT molecular complexity index is 910. The molecular formula is C23H27N5. The first-order valence-corrected chi connectivity index (χ1v) is 10.1. The molecule has 0 aromatic carbocycles. The maximum Gasteiger partial charge on any atom is 0.149 e. The molecule has 0 fully saturated rings. The fourth-order valence-corrected chi connectivity index (χ4v) is 4.05. The molecule has 1 unspecified atom stereocenters. The van der Waals surface area contributed by atoms with Crippen LogP contribution in [0.4, 0.5) is 11.5 Å². The molecule has 0 saturated carbocycles. The maximum absolute atomic E-state index is 6.21. The van der Waals surface area contributed by atoms with Gasteiger partial charge in [0.15, 0.2) is 0 Å². The van der Waals surface area contributed by atoms with Gasteiger partial charge in [-0.2, -0.15) is 0 Å². The highest BCUT2D eigenvalue weighted by Crippen LogP contribution is 2.33. The van der Waals surface area contributed by atoms with Gasteiger partial charge in [0.1, 0.15) is 5.82 Å². The van der Waals surface area contributed by atoms with Crippen molar-refractivity contribution in [2.45, 2.75) is 44.4 Å². The SMILES string of the molecule is Nc1cc(Cc2cccnc2)cnc1NCCCC1CCCc2cccnc21. The van der Waals surface area contributed by atoms with Crippen molar-refractivity contribution in [1.29, 1.82) is 0 Å². The second-order valence-corrected chi connectivity index (χ2v) is 7.53. The minimum atomic E-state index is 0.582. The largest absolute Gasteiger partial charge is 0.396 e. The maximum atomic E-state index is 6.21. The van der Waals surface area contributed by atoms with Gasteiger partial charge in [-0.05, 0) is 67.0 Å². The molecule has 3 heterocycles. The molecule has 5 heteroatoms. The van der Waals surface area contributed by atoms with E-state index in [1.165, 1.54) is 30.5 Å². The minimum Gasteiger partial charge on any atom is -0.396 e. The van der Waals surface area contributed by atoms with Crippen LogP contribution in [0.5, 0.6) is 0 Å². The molecule has 0 radical (unpaired) electrons. The second-order valence-electron chi connectivity index (χ2n) is 7.53. The molecule has 28 heavy (non-hydrogen) atoms. The number of pyridine rings is 3. The topological polar surface area (TPSA) is 76.7 Å². The summed E-state index contributed by atoms with van der Waals surface area (Å²) in [5.41, 5.74) is 11.9. The smallest absolute Gasteiger partial charge is 0.149 e. The Morgan fingerprint density at radius 2 is 2.00 bits per heavy atom. The predicted molar refractivity (Wildman–Crippen MR) is 113 cm³/mol. The zero-order chi connectivity index (χ0) is 19.2. The van der Waals surface area contributed by atoms with E-state index in [1.807, 2.05) is 30.7 Å². The number of anilines is 2. The lowest BCUT2D eigenvalue weighted by atomic mass is 9.84. The van der Waals surface area contributed by atoms with Gasteiger partial charge in [-0.1, -0.05) is 12.1 Å². The van der Waals surface area contributed by atoms with Gasteiger partial charge < -0.3 is 11.1 Å². The highest BCUT2D eigenvalue weighted by atomic mass is 15.0. The van der Waals surface area contributed by atoms with E-state index >= 15 is 0 Å². The highest BCUT2D eigenvalue weighted by Gasteiger charge is 2.20. The number of aryl methyl sites for hydroxylation is 1. The van der Waals surface area contributed by atoms with Crippen LogP contribution in [-0.4, -0.2) is 21.5 Å². The molecule has 0 bridgehead atoms. The van der Waals surface area contributed by atoms with Crippen LogP contribution in [0.1, 0.15) is 54.0 Å². The molecule has 3 aromatic heterocycles. The van der Waals surface area contributed by atoms with Gasteiger partial charge in [-0.3, -0.25) is 9.97 Å². The third-order valence-electron chi connectivity index (χ3n) is 5.44. The summed E-state index contributed by atoms with van der Waals surface area (Å²) in [6.07, 6.45) is 14.2. The second kappa shape index (κ2) is 8.83. The third kappa shape index (κ3) is 4.47. The number of hydrogen-bond acceptors (Lipinski definition) is 5. The fourth-order valence-electron chi connectivity index (χ4n) is 4.05. The highest BCUT2D eigenvalue weighted by molar-refractivity contribution is 5.62. The number of fused-ring (bicyclic) bond motifs is 1. The molecule has 0 amide bonds. The van der Waals surface area contributed by atoms with E-state index in [9.17, 15) is 0 Å². The predicted octanol–water partition coefficient (Wildman–Crippen LogP) is 4.36. The minimum absolute atomic E-state index is 0.582. The Hall–Kier alpha value is -2.95. The Kier molecular flexibility index (Phi) is 5.80. The Balaban J connectivity index is 1.29. The van der Waals surface area contributed by atoms with Crippen LogP contribution in [0.15, 0.2) is 55.1 Å². The Morgan fingerprint density at radius 1 is 1.07 bits per heavy atom. The van der Waals surface area contributed by atoms with Crippen LogP contribution in [-0.2, 0) is 12.8 Å². The normalized spacial score (nSPS) is 15.8. The molecule has 0 aliphatic heterocycles. The molecule has 0 spiro atoms. The summed E-state index contributed by atoms with van der Waals surface area (Å²) in [5.74, 6) is 1.36. The molecule has 3 aromatic rings. The van der Waals surface area contributed by atoms with Crippen LogP contribution in [0, 0.1) is 0 Å². The Labute approximate surface area is 166 Å². The third-order valence-corrected chi connectivity index (χ3v) is 5.44. The van der Waals surface area contributed by atoms with Crippen molar-refractivity contribution < 1.29 is 0 Å². The zero-order valence-corrected chi connectivity index (χ0v) is 16.1. The molecule has 1 aliphatic carbocycles. The van der Waals surface area contributed by atoms with Crippen molar-refractivity contribution in [2.75, 3.05) is 17.6 Å². The molecular weight excluding hydrogens is 346 g/mol.